The summed E-state index contributed by atoms with van der Waals surface area (Å²) in [5.41, 5.74) is 7.58. The molecule has 0 heterocycles. The predicted molar refractivity (Wildman–Crippen MR) is 207 cm³/mol. The second kappa shape index (κ2) is 20.7. The maximum Gasteiger partial charge on any atom is 1.00 e. The Morgan fingerprint density at radius 3 is 1.78 bits per heavy atom. The quantitative estimate of drug-likeness (QED) is 0.0613. The van der Waals surface area contributed by atoms with Crippen LogP contribution in [0.5, 0.6) is 0 Å². The van der Waals surface area contributed by atoms with Crippen LogP contribution in [0.2, 0.25) is 0 Å². The third-order valence-electron chi connectivity index (χ3n) is 8.79. The SMILES string of the molecule is CC1=C[C@H](OP(=O)(O)OP(=O)(O)O)CC(C)(C)[C@H]1/C=C/C(C)=C/C=C/C(C)=C/C=C/C=C(C)/C=C/C=C(C)/C=C/C1=C(C)C[C@@H](O)CC1(C)C.[H-].[Na+]. The van der Waals surface area contributed by atoms with E-state index in [1.54, 1.807) is 6.08 Å². The minimum Gasteiger partial charge on any atom is -1.00 e. The van der Waals surface area contributed by atoms with Gasteiger partial charge in [-0.1, -0.05) is 152 Å². The monoisotopic (exact) mass is 752 g/mol. The Morgan fingerprint density at radius 2 is 1.29 bits per heavy atom. The molecule has 0 spiro atoms. The summed E-state index contributed by atoms with van der Waals surface area (Å²) < 4.78 is 32.0. The molecule has 2 rings (SSSR count). The number of phosphoric acid groups is 2. The first-order chi connectivity index (χ1) is 23.0. The summed E-state index contributed by atoms with van der Waals surface area (Å²) >= 11 is 0. The van der Waals surface area contributed by atoms with Crippen LogP contribution < -0.4 is 29.6 Å². The Labute approximate surface area is 330 Å². The van der Waals surface area contributed by atoms with Crippen molar-refractivity contribution in [2.45, 2.75) is 101 Å². The normalized spacial score (nSPS) is 25.4. The Balaban J connectivity index is 0.0000130. The topological polar surface area (TPSA) is 134 Å². The number of hydrogen-bond donors (Lipinski definition) is 4. The van der Waals surface area contributed by atoms with Crippen LogP contribution in [0, 0.1) is 16.7 Å². The number of rotatable bonds is 14. The molecule has 0 aliphatic heterocycles. The Morgan fingerprint density at radius 1 is 0.804 bits per heavy atom. The third-order valence-corrected chi connectivity index (χ3v) is 11.0. The van der Waals surface area contributed by atoms with Crippen molar-refractivity contribution in [3.05, 3.63) is 130 Å². The first-order valence-corrected chi connectivity index (χ1v) is 19.9. The Kier molecular flexibility index (Phi) is 19.2. The molecule has 0 aromatic rings. The van der Waals surface area contributed by atoms with Crippen LogP contribution >= 0.6 is 15.6 Å². The standard InChI is InChI=1S/C40H58O8P2.Na.H/c1-29(17-13-19-31(3)21-23-37-33(5)25-35(41)27-39(37,7)8)15-11-12-16-30(2)18-14-20-32(4)22-24-38-34(6)26-36(28-40(38,9)10)47-50(45,46)48-49(42,43)44;;/h11-24,26,35-36,38,41H,25,27-28H2,1-10H3,(H,45,46)(H2,42,43,44);;/q;+1;-1/b12-11+,17-13+,18-14+,23-21+,24-22+,29-15+,30-16+,31-19+,32-20+;;/t35-,36+,38+;;/m1../s1. The average molecular weight is 753 g/mol. The van der Waals surface area contributed by atoms with Gasteiger partial charge in [-0.15, -0.1) is 0 Å². The minimum atomic E-state index is -5.18. The first-order valence-electron chi connectivity index (χ1n) is 16.9. The van der Waals surface area contributed by atoms with E-state index in [9.17, 15) is 19.1 Å². The van der Waals surface area contributed by atoms with Crippen molar-refractivity contribution in [3.8, 4) is 0 Å². The summed E-state index contributed by atoms with van der Waals surface area (Å²) in [4.78, 5) is 27.5. The Hall–Kier alpha value is -1.64. The smallest absolute Gasteiger partial charge is 1.00 e. The Bertz CT molecular complexity index is 1660. The van der Waals surface area contributed by atoms with E-state index in [0.717, 1.165) is 35.1 Å². The maximum absolute atomic E-state index is 12.0. The van der Waals surface area contributed by atoms with E-state index in [1.165, 1.54) is 16.7 Å². The van der Waals surface area contributed by atoms with Crippen molar-refractivity contribution in [2.24, 2.45) is 16.7 Å². The van der Waals surface area contributed by atoms with E-state index in [4.69, 9.17) is 14.3 Å². The third kappa shape index (κ3) is 17.8. The molecule has 0 saturated heterocycles. The molecule has 0 amide bonds. The second-order valence-corrected chi connectivity index (χ2v) is 17.6. The summed E-state index contributed by atoms with van der Waals surface area (Å²) in [5, 5.41) is 10.1. The van der Waals surface area contributed by atoms with E-state index in [-0.39, 0.29) is 53.8 Å². The molecule has 0 radical (unpaired) electrons. The van der Waals surface area contributed by atoms with Crippen LogP contribution in [-0.2, 0) is 18.0 Å². The average Bonchev–Trinajstić information content (AvgIpc) is 2.91. The molecule has 2 aliphatic rings. The molecule has 1 unspecified atom stereocenters. The molecule has 0 bridgehead atoms. The van der Waals surface area contributed by atoms with Gasteiger partial charge in [0.05, 0.1) is 12.2 Å². The van der Waals surface area contributed by atoms with Crippen LogP contribution in [0.1, 0.15) is 89.9 Å². The molecule has 51 heavy (non-hydrogen) atoms. The van der Waals surface area contributed by atoms with E-state index in [1.807, 2.05) is 77.2 Å². The number of aliphatic hydroxyl groups excluding tert-OH is 1. The number of hydrogen-bond acceptors (Lipinski definition) is 5. The van der Waals surface area contributed by atoms with Crippen LogP contribution in [-0.4, -0.2) is 32.0 Å². The van der Waals surface area contributed by atoms with Gasteiger partial charge in [0.2, 0.25) is 0 Å². The van der Waals surface area contributed by atoms with Gasteiger partial charge in [0.15, 0.2) is 0 Å². The van der Waals surface area contributed by atoms with Crippen molar-refractivity contribution in [1.29, 1.82) is 0 Å². The van der Waals surface area contributed by atoms with E-state index in [2.05, 4.69) is 81.5 Å². The van der Waals surface area contributed by atoms with Crippen LogP contribution in [0.25, 0.3) is 0 Å². The van der Waals surface area contributed by atoms with Crippen LogP contribution in [0.15, 0.2) is 130 Å². The molecule has 0 fully saturated rings. The second-order valence-electron chi connectivity index (χ2n) is 14.8. The molecule has 4 N–H and O–H groups in total. The van der Waals surface area contributed by atoms with Crippen molar-refractivity contribution >= 4 is 15.6 Å². The number of phosphoric ester groups is 1. The van der Waals surface area contributed by atoms with Crippen molar-refractivity contribution < 1.29 is 68.7 Å². The largest absolute Gasteiger partial charge is 1.00 e. The van der Waals surface area contributed by atoms with Gasteiger partial charge in [-0.25, -0.2) is 9.13 Å². The number of aliphatic hydroxyl groups is 1. The van der Waals surface area contributed by atoms with E-state index >= 15 is 0 Å². The summed E-state index contributed by atoms with van der Waals surface area (Å²) in [6, 6.07) is 0. The zero-order valence-electron chi connectivity index (χ0n) is 33.3. The maximum atomic E-state index is 12.0. The molecule has 2 aliphatic carbocycles. The van der Waals surface area contributed by atoms with Gasteiger partial charge in [-0.3, -0.25) is 4.52 Å². The van der Waals surface area contributed by atoms with Crippen molar-refractivity contribution in [2.75, 3.05) is 0 Å². The fourth-order valence-electron chi connectivity index (χ4n) is 6.51. The van der Waals surface area contributed by atoms with Crippen molar-refractivity contribution in [1.82, 2.24) is 0 Å². The molecule has 4 atom stereocenters. The summed E-state index contributed by atoms with van der Waals surface area (Å²) in [6.45, 7) is 20.6. The minimum absolute atomic E-state index is 0. The van der Waals surface area contributed by atoms with Crippen LogP contribution in [0.3, 0.4) is 0 Å². The van der Waals surface area contributed by atoms with E-state index < -0.39 is 21.7 Å². The van der Waals surface area contributed by atoms with Gasteiger partial charge in [-0.05, 0) is 77.2 Å². The molecule has 0 aromatic heterocycles. The van der Waals surface area contributed by atoms with E-state index in [0.29, 0.717) is 6.42 Å². The molecule has 0 aromatic carbocycles. The predicted octanol–water partition coefficient (Wildman–Crippen LogP) is 7.75. The van der Waals surface area contributed by atoms with Gasteiger partial charge < -0.3 is 21.2 Å². The fourth-order valence-corrected chi connectivity index (χ4v) is 8.21. The summed E-state index contributed by atoms with van der Waals surface area (Å²) in [7, 11) is -10.1. The number of allylic oxidation sites excluding steroid dienone is 20. The summed E-state index contributed by atoms with van der Waals surface area (Å²) in [5.74, 6) is 0.0307. The molecule has 0 saturated carbocycles. The summed E-state index contributed by atoms with van der Waals surface area (Å²) in [6.07, 6.45) is 31.5. The zero-order chi connectivity index (χ0) is 37.9. The molecule has 278 valence electrons. The molecular weight excluding hydrogens is 693 g/mol. The van der Waals surface area contributed by atoms with Gasteiger partial charge >= 0.3 is 45.2 Å². The van der Waals surface area contributed by atoms with Crippen molar-refractivity contribution in [3.63, 3.8) is 0 Å². The van der Waals surface area contributed by atoms with Gasteiger partial charge in [-0.2, -0.15) is 4.31 Å². The van der Waals surface area contributed by atoms with Gasteiger partial charge in [0.25, 0.3) is 0 Å². The molecule has 11 heteroatoms. The van der Waals surface area contributed by atoms with Crippen LogP contribution in [0.4, 0.5) is 0 Å². The first kappa shape index (κ1) is 47.4. The zero-order valence-corrected chi connectivity index (χ0v) is 36.1. The molecule has 8 nitrogen and oxygen atoms in total. The van der Waals surface area contributed by atoms with Gasteiger partial charge in [0, 0.05) is 5.92 Å². The van der Waals surface area contributed by atoms with Gasteiger partial charge in [0.1, 0.15) is 0 Å². The fraction of sp³-hybridized carbons (Fsp3) is 0.450. The molecular formula is C40H59NaO8P2.